The lowest BCUT2D eigenvalue weighted by molar-refractivity contribution is 0.332. The summed E-state index contributed by atoms with van der Waals surface area (Å²) in [6, 6.07) is 50.4. The summed E-state index contributed by atoms with van der Waals surface area (Å²) >= 11 is 2.09. The van der Waals surface area contributed by atoms with Crippen LogP contribution >= 0.6 is 11.3 Å². The fraction of sp³-hybridized carbons (Fsp3) is 0.408. The fourth-order valence-corrected chi connectivity index (χ4v) is 18.3. The first-order valence-corrected chi connectivity index (χ1v) is 30.1. The second kappa shape index (κ2) is 15.8. The summed E-state index contributed by atoms with van der Waals surface area (Å²) in [5, 5.41) is 4.11. The maximum atomic E-state index is 2.87. The summed E-state index contributed by atoms with van der Waals surface area (Å²) in [5.41, 5.74) is 25.0. The van der Waals surface area contributed by atoms with Gasteiger partial charge in [-0.2, -0.15) is 0 Å². The fourth-order valence-electron chi connectivity index (χ4n) is 16.9. The Bertz CT molecular complexity index is 3700. The van der Waals surface area contributed by atoms with Gasteiger partial charge < -0.3 is 9.80 Å². The summed E-state index contributed by atoms with van der Waals surface area (Å²) in [7, 11) is 0. The second-order valence-corrected chi connectivity index (χ2v) is 29.1. The summed E-state index contributed by atoms with van der Waals surface area (Å²) in [5.74, 6) is 1.91. The molecule has 2 aliphatic heterocycles. The Morgan fingerprint density at radius 2 is 1.17 bits per heavy atom. The minimum Gasteiger partial charge on any atom is -0.310 e. The van der Waals surface area contributed by atoms with E-state index in [1.807, 2.05) is 0 Å². The Morgan fingerprint density at radius 1 is 0.533 bits per heavy atom. The molecule has 15 rings (SSSR count). The van der Waals surface area contributed by atoms with Crippen LogP contribution in [0.3, 0.4) is 0 Å². The first kappa shape index (κ1) is 46.7. The van der Waals surface area contributed by atoms with Gasteiger partial charge in [-0.05, 0) is 194 Å². The monoisotopic (exact) mass is 999 g/mol. The van der Waals surface area contributed by atoms with E-state index in [0.29, 0.717) is 17.8 Å². The highest BCUT2D eigenvalue weighted by atomic mass is 32.1. The van der Waals surface area contributed by atoms with Crippen LogP contribution in [0.4, 0.5) is 34.1 Å². The van der Waals surface area contributed by atoms with Crippen molar-refractivity contribution in [2.24, 2.45) is 11.8 Å². The Kier molecular flexibility index (Phi) is 9.82. The predicted molar refractivity (Wildman–Crippen MR) is 324 cm³/mol. The van der Waals surface area contributed by atoms with Crippen LogP contribution in [-0.2, 0) is 27.1 Å². The molecule has 3 heterocycles. The maximum Gasteiger partial charge on any atom is 0.264 e. The zero-order valence-electron chi connectivity index (χ0n) is 46.4. The number of hydrogen-bond donors (Lipinski definition) is 0. The molecule has 0 unspecified atom stereocenters. The average Bonchev–Trinajstić information content (AvgIpc) is 4.32. The van der Waals surface area contributed by atoms with Crippen LogP contribution in [0.5, 0.6) is 0 Å². The molecule has 2 bridgehead atoms. The quantitative estimate of drug-likeness (QED) is 0.163. The first-order valence-electron chi connectivity index (χ1n) is 29.2. The number of rotatable bonds is 3. The van der Waals surface area contributed by atoms with Crippen molar-refractivity contribution in [2.45, 2.75) is 173 Å². The third-order valence-corrected chi connectivity index (χ3v) is 22.2. The van der Waals surface area contributed by atoms with Crippen LogP contribution in [-0.4, -0.2) is 6.71 Å². The van der Waals surface area contributed by atoms with Gasteiger partial charge in [0.2, 0.25) is 0 Å². The van der Waals surface area contributed by atoms with Crippen molar-refractivity contribution in [2.75, 3.05) is 9.80 Å². The van der Waals surface area contributed by atoms with Gasteiger partial charge in [0.15, 0.2) is 0 Å². The molecule has 0 atom stereocenters. The van der Waals surface area contributed by atoms with E-state index in [9.17, 15) is 0 Å². The van der Waals surface area contributed by atoms with Gasteiger partial charge >= 0.3 is 0 Å². The van der Waals surface area contributed by atoms with E-state index < -0.39 is 0 Å². The zero-order chi connectivity index (χ0) is 51.3. The summed E-state index contributed by atoms with van der Waals surface area (Å²) in [6.07, 6.45) is 14.2. The molecule has 3 fully saturated rings. The normalized spacial score (nSPS) is 22.9. The molecule has 1 aromatic heterocycles. The Morgan fingerprint density at radius 3 is 1.87 bits per heavy atom. The van der Waals surface area contributed by atoms with E-state index in [1.54, 1.807) is 22.3 Å². The number of nitrogens with zero attached hydrogens (tertiary/aromatic N) is 2. The van der Waals surface area contributed by atoms with Crippen LogP contribution in [0.25, 0.3) is 32.0 Å². The van der Waals surface area contributed by atoms with Gasteiger partial charge in [-0.15, -0.1) is 11.3 Å². The van der Waals surface area contributed by atoms with E-state index in [4.69, 9.17) is 0 Å². The average molecular weight is 999 g/mol. The van der Waals surface area contributed by atoms with Gasteiger partial charge in [0.05, 0.1) is 11.4 Å². The minimum atomic E-state index is 0.0330. The van der Waals surface area contributed by atoms with Crippen LogP contribution in [0.2, 0.25) is 0 Å². The van der Waals surface area contributed by atoms with Crippen molar-refractivity contribution in [3.8, 4) is 11.1 Å². The molecule has 1 spiro atoms. The van der Waals surface area contributed by atoms with Crippen LogP contribution in [0.15, 0.2) is 121 Å². The van der Waals surface area contributed by atoms with Gasteiger partial charge in [0.1, 0.15) is 0 Å². The summed E-state index contributed by atoms with van der Waals surface area (Å²) < 4.78 is 2.91. The predicted octanol–water partition coefficient (Wildman–Crippen LogP) is 18.2. The first-order chi connectivity index (χ1) is 35.9. The molecular formula is C71H75BN2S. The van der Waals surface area contributed by atoms with Crippen LogP contribution < -0.4 is 25.5 Å². The molecule has 75 heavy (non-hydrogen) atoms. The summed E-state index contributed by atoms with van der Waals surface area (Å²) in [6.45, 7) is 24.2. The molecule has 3 saturated carbocycles. The lowest BCUT2D eigenvalue weighted by atomic mass is 9.36. The lowest BCUT2D eigenvalue weighted by Crippen LogP contribution is -2.60. The van der Waals surface area contributed by atoms with Crippen LogP contribution in [0.1, 0.15) is 185 Å². The highest BCUT2D eigenvalue weighted by Crippen LogP contribution is 2.69. The van der Waals surface area contributed by atoms with E-state index >= 15 is 0 Å². The van der Waals surface area contributed by atoms with Crippen molar-refractivity contribution in [1.82, 2.24) is 0 Å². The number of anilines is 6. The van der Waals surface area contributed by atoms with Crippen molar-refractivity contribution in [1.29, 1.82) is 0 Å². The highest BCUT2D eigenvalue weighted by Gasteiger charge is 2.60. The third kappa shape index (κ3) is 6.45. The van der Waals surface area contributed by atoms with Crippen molar-refractivity contribution in [3.05, 3.63) is 160 Å². The van der Waals surface area contributed by atoms with Gasteiger partial charge in [0, 0.05) is 54.0 Å². The van der Waals surface area contributed by atoms with E-state index in [1.165, 1.54) is 169 Å². The molecule has 378 valence electrons. The Labute approximate surface area is 452 Å². The lowest BCUT2D eigenvalue weighted by Gasteiger charge is -2.45. The number of hydrogen-bond acceptors (Lipinski definition) is 3. The highest BCUT2D eigenvalue weighted by molar-refractivity contribution is 7.33. The topological polar surface area (TPSA) is 6.48 Å². The van der Waals surface area contributed by atoms with Gasteiger partial charge in [-0.3, -0.25) is 0 Å². The molecule has 4 heteroatoms. The molecular weight excluding hydrogens is 924 g/mol. The smallest absolute Gasteiger partial charge is 0.264 e. The Hall–Kier alpha value is -5.58. The van der Waals surface area contributed by atoms with E-state index in [-0.39, 0.29) is 33.8 Å². The molecule has 0 radical (unpaired) electrons. The second-order valence-electron chi connectivity index (χ2n) is 28.0. The number of fused-ring (bicyclic) bond motifs is 12. The molecule has 7 aliphatic rings. The van der Waals surface area contributed by atoms with Crippen LogP contribution in [0, 0.1) is 11.8 Å². The number of thiophene rings is 1. The molecule has 0 amide bonds. The molecule has 5 aliphatic carbocycles. The van der Waals surface area contributed by atoms with Crippen molar-refractivity contribution >= 4 is 88.7 Å². The molecule has 0 N–H and O–H groups in total. The van der Waals surface area contributed by atoms with Gasteiger partial charge in [-0.25, -0.2) is 0 Å². The van der Waals surface area contributed by atoms with Gasteiger partial charge in [-0.1, -0.05) is 167 Å². The molecule has 8 aromatic rings. The van der Waals surface area contributed by atoms with E-state index in [0.717, 1.165) is 0 Å². The third-order valence-electron chi connectivity index (χ3n) is 21.0. The minimum absolute atomic E-state index is 0.0330. The maximum absolute atomic E-state index is 2.87. The van der Waals surface area contributed by atoms with Gasteiger partial charge in [0.25, 0.3) is 6.71 Å². The molecule has 7 aromatic carbocycles. The SMILES string of the molecule is CC(C)(C)c1ccc(N2c3cc(C4CCCCC4)cc4c3B(c3ccc5cc(C(C)(C)C)ccc5c3N4c3cccc4c3-c3ccccc3C43C4CCC3CC4)c3sc4cc5c(cc4c32)C(C)(C)CCC5(C)C)cc1. The largest absolute Gasteiger partial charge is 0.310 e. The van der Waals surface area contributed by atoms with E-state index in [2.05, 4.69) is 212 Å². The molecule has 2 nitrogen and oxygen atoms in total. The summed E-state index contributed by atoms with van der Waals surface area (Å²) in [4.78, 5) is 5.65. The zero-order valence-corrected chi connectivity index (χ0v) is 47.3. The standard InChI is InChI=1S/C71H75BN2S/c1-67(2,3)45-28-31-49(32-29-45)73-59-38-44(42-17-12-11-13-18-42)39-60-63(59)72(66-65(73)52-40-55-56(41-61(52)75-66)70(9,10)36-35-69(55,7)8)57-34-23-43-37-48(68(4,5)6)30-33-50(43)64(57)74(60)58-22-16-21-54-62(58)51-19-14-15-20-53(51)71(54)46-24-25-47(71)27-26-46/h14-16,19-23,28-34,37-42,46-47H,11-13,17-18,24-27,35-36H2,1-10H3. The van der Waals surface area contributed by atoms with Crippen molar-refractivity contribution in [3.63, 3.8) is 0 Å². The van der Waals surface area contributed by atoms with Crippen molar-refractivity contribution < 1.29 is 0 Å². The molecule has 0 saturated heterocycles. The Balaban J connectivity index is 1.09. The number of benzene rings is 7.